The number of carboxylic acids is 1. The summed E-state index contributed by atoms with van der Waals surface area (Å²) in [6.07, 6.45) is -0.647. The number of aliphatic carboxylic acids is 1. The van der Waals surface area contributed by atoms with Crippen LogP contribution in [0, 0.1) is 5.41 Å². The van der Waals surface area contributed by atoms with E-state index in [9.17, 15) is 14.7 Å². The third-order valence-electron chi connectivity index (χ3n) is 4.68. The number of amides is 1. The molecule has 0 unspecified atom stereocenters. The number of rotatable bonds is 7. The highest BCUT2D eigenvalue weighted by atomic mass is 16.5. The van der Waals surface area contributed by atoms with Crippen LogP contribution in [0.25, 0.3) is 0 Å². The van der Waals surface area contributed by atoms with E-state index in [-0.39, 0.29) is 6.61 Å². The van der Waals surface area contributed by atoms with Crippen LogP contribution in [-0.4, -0.2) is 17.2 Å². The summed E-state index contributed by atoms with van der Waals surface area (Å²) in [6.45, 7) is 7.49. The Bertz CT molecular complexity index is 767. The van der Waals surface area contributed by atoms with Crippen molar-refractivity contribution in [3.8, 4) is 0 Å². The maximum atomic E-state index is 12.3. The molecule has 5 nitrogen and oxygen atoms in total. The lowest BCUT2D eigenvalue weighted by atomic mass is 9.80. The monoisotopic (exact) mass is 369 g/mol. The first kappa shape index (κ1) is 20.5. The van der Waals surface area contributed by atoms with Crippen molar-refractivity contribution in [3.05, 3.63) is 71.3 Å². The molecule has 2 rings (SSSR count). The van der Waals surface area contributed by atoms with Crippen LogP contribution in [0.4, 0.5) is 4.79 Å². The zero-order chi connectivity index (χ0) is 20.0. The van der Waals surface area contributed by atoms with Gasteiger partial charge < -0.3 is 15.2 Å². The molecule has 2 aromatic rings. The van der Waals surface area contributed by atoms with Crippen molar-refractivity contribution in [2.75, 3.05) is 0 Å². The van der Waals surface area contributed by atoms with Gasteiger partial charge in [0, 0.05) is 0 Å². The number of hydrogen-bond donors (Lipinski definition) is 2. The SMILES string of the molecule is CC(C)c1ccc([C@@H](NC(=O)OCc2ccccc2)C(C)(C)C(=O)O)cc1. The van der Waals surface area contributed by atoms with Crippen LogP contribution in [0.1, 0.15) is 56.3 Å². The van der Waals surface area contributed by atoms with Crippen molar-refractivity contribution in [2.24, 2.45) is 5.41 Å². The van der Waals surface area contributed by atoms with Crippen molar-refractivity contribution < 1.29 is 19.4 Å². The van der Waals surface area contributed by atoms with Crippen molar-refractivity contribution in [2.45, 2.75) is 46.3 Å². The molecule has 2 aromatic carbocycles. The third-order valence-corrected chi connectivity index (χ3v) is 4.68. The minimum absolute atomic E-state index is 0.124. The summed E-state index contributed by atoms with van der Waals surface area (Å²) in [5.74, 6) is -0.627. The predicted octanol–water partition coefficient (Wildman–Crippen LogP) is 4.89. The van der Waals surface area contributed by atoms with Gasteiger partial charge in [0.1, 0.15) is 6.61 Å². The Morgan fingerprint density at radius 2 is 1.56 bits per heavy atom. The Hall–Kier alpha value is -2.82. The Labute approximate surface area is 160 Å². The van der Waals surface area contributed by atoms with Gasteiger partial charge in [-0.25, -0.2) is 4.79 Å². The van der Waals surface area contributed by atoms with Crippen LogP contribution in [0.3, 0.4) is 0 Å². The molecule has 1 amide bonds. The maximum absolute atomic E-state index is 12.3. The van der Waals surface area contributed by atoms with Crippen LogP contribution in [0.5, 0.6) is 0 Å². The van der Waals surface area contributed by atoms with Gasteiger partial charge in [0.2, 0.25) is 0 Å². The van der Waals surface area contributed by atoms with Crippen LogP contribution in [0.15, 0.2) is 54.6 Å². The number of carboxylic acid groups (broad SMARTS) is 1. The van der Waals surface area contributed by atoms with E-state index in [1.54, 1.807) is 13.8 Å². The molecule has 0 bridgehead atoms. The third kappa shape index (κ3) is 5.33. The average molecular weight is 369 g/mol. The molecule has 0 aliphatic carbocycles. The molecule has 2 N–H and O–H groups in total. The normalized spacial score (nSPS) is 12.5. The summed E-state index contributed by atoms with van der Waals surface area (Å²) in [7, 11) is 0. The van der Waals surface area contributed by atoms with Gasteiger partial charge in [0.25, 0.3) is 0 Å². The van der Waals surface area contributed by atoms with E-state index in [1.807, 2.05) is 54.6 Å². The van der Waals surface area contributed by atoms with E-state index in [2.05, 4.69) is 19.2 Å². The summed E-state index contributed by atoms with van der Waals surface area (Å²) in [6, 6.07) is 16.3. The summed E-state index contributed by atoms with van der Waals surface area (Å²) in [5.41, 5.74) is 1.54. The van der Waals surface area contributed by atoms with Crippen molar-refractivity contribution in [1.82, 2.24) is 5.32 Å². The Morgan fingerprint density at radius 1 is 1.00 bits per heavy atom. The standard InChI is InChI=1S/C22H27NO4/c1-15(2)17-10-12-18(13-11-17)19(22(3,4)20(24)25)23-21(26)27-14-16-8-6-5-7-9-16/h5-13,15,19H,14H2,1-4H3,(H,23,26)(H,24,25)/t19-/m1/s1. The Kier molecular flexibility index (Phi) is 6.61. The molecule has 5 heteroatoms. The van der Waals surface area contributed by atoms with Gasteiger partial charge in [-0.15, -0.1) is 0 Å². The number of nitrogens with one attached hydrogen (secondary N) is 1. The van der Waals surface area contributed by atoms with Gasteiger partial charge in [-0.05, 0) is 36.5 Å². The van der Waals surface area contributed by atoms with Gasteiger partial charge >= 0.3 is 12.1 Å². The minimum Gasteiger partial charge on any atom is -0.481 e. The van der Waals surface area contributed by atoms with Crippen molar-refractivity contribution in [3.63, 3.8) is 0 Å². The van der Waals surface area contributed by atoms with E-state index in [0.29, 0.717) is 5.92 Å². The minimum atomic E-state index is -1.20. The van der Waals surface area contributed by atoms with Gasteiger partial charge in [-0.2, -0.15) is 0 Å². The highest BCUT2D eigenvalue weighted by molar-refractivity contribution is 5.77. The molecule has 27 heavy (non-hydrogen) atoms. The fourth-order valence-corrected chi connectivity index (χ4v) is 2.76. The van der Waals surface area contributed by atoms with Gasteiger partial charge in [-0.3, -0.25) is 4.79 Å². The molecule has 0 aromatic heterocycles. The number of carbonyl (C=O) groups excluding carboxylic acids is 1. The molecular formula is C22H27NO4. The number of ether oxygens (including phenoxy) is 1. The number of hydrogen-bond acceptors (Lipinski definition) is 3. The zero-order valence-corrected chi connectivity index (χ0v) is 16.2. The highest BCUT2D eigenvalue weighted by Gasteiger charge is 2.39. The smallest absolute Gasteiger partial charge is 0.407 e. The second kappa shape index (κ2) is 8.71. The Balaban J connectivity index is 2.17. The maximum Gasteiger partial charge on any atom is 0.407 e. The second-order valence-corrected chi connectivity index (χ2v) is 7.49. The van der Waals surface area contributed by atoms with Crippen LogP contribution in [-0.2, 0) is 16.1 Å². The first-order valence-corrected chi connectivity index (χ1v) is 9.02. The summed E-state index contributed by atoms with van der Waals surface area (Å²) >= 11 is 0. The molecule has 0 saturated heterocycles. The first-order valence-electron chi connectivity index (χ1n) is 9.02. The highest BCUT2D eigenvalue weighted by Crippen LogP contribution is 2.34. The second-order valence-electron chi connectivity index (χ2n) is 7.49. The first-order chi connectivity index (χ1) is 12.7. The lowest BCUT2D eigenvalue weighted by molar-refractivity contribution is -0.148. The number of benzene rings is 2. The molecule has 144 valence electrons. The molecular weight excluding hydrogens is 342 g/mol. The fraction of sp³-hybridized carbons (Fsp3) is 0.364. The van der Waals surface area contributed by atoms with E-state index < -0.39 is 23.5 Å². The molecule has 0 spiro atoms. The number of alkyl carbamates (subject to hydrolysis) is 1. The number of carbonyl (C=O) groups is 2. The molecule has 0 saturated carbocycles. The van der Waals surface area contributed by atoms with E-state index >= 15 is 0 Å². The van der Waals surface area contributed by atoms with E-state index in [4.69, 9.17) is 4.74 Å². The Morgan fingerprint density at radius 3 is 2.07 bits per heavy atom. The lowest BCUT2D eigenvalue weighted by Gasteiger charge is -2.31. The van der Waals surface area contributed by atoms with Gasteiger partial charge in [0.05, 0.1) is 11.5 Å². The van der Waals surface area contributed by atoms with Gasteiger partial charge in [0.15, 0.2) is 0 Å². The fourth-order valence-electron chi connectivity index (χ4n) is 2.76. The van der Waals surface area contributed by atoms with Gasteiger partial charge in [-0.1, -0.05) is 68.4 Å². The van der Waals surface area contributed by atoms with Crippen molar-refractivity contribution in [1.29, 1.82) is 0 Å². The molecule has 0 heterocycles. The zero-order valence-electron chi connectivity index (χ0n) is 16.2. The quantitative estimate of drug-likeness (QED) is 0.729. The molecule has 0 aliphatic heterocycles. The van der Waals surface area contributed by atoms with Crippen LogP contribution in [0.2, 0.25) is 0 Å². The largest absolute Gasteiger partial charge is 0.481 e. The molecule has 0 radical (unpaired) electrons. The van der Waals surface area contributed by atoms with E-state index in [0.717, 1.165) is 16.7 Å². The van der Waals surface area contributed by atoms with Crippen LogP contribution >= 0.6 is 0 Å². The lowest BCUT2D eigenvalue weighted by Crippen LogP contribution is -2.42. The molecule has 0 fully saturated rings. The average Bonchev–Trinajstić information content (AvgIpc) is 2.65. The summed E-state index contributed by atoms with van der Waals surface area (Å²) in [5, 5.41) is 12.4. The predicted molar refractivity (Wildman–Crippen MR) is 104 cm³/mol. The van der Waals surface area contributed by atoms with Crippen molar-refractivity contribution >= 4 is 12.1 Å². The topological polar surface area (TPSA) is 75.6 Å². The summed E-state index contributed by atoms with van der Waals surface area (Å²) < 4.78 is 5.27. The van der Waals surface area contributed by atoms with Crippen LogP contribution < -0.4 is 5.32 Å². The summed E-state index contributed by atoms with van der Waals surface area (Å²) in [4.78, 5) is 24.1. The molecule has 1 atom stereocenters. The molecule has 0 aliphatic rings. The van der Waals surface area contributed by atoms with E-state index in [1.165, 1.54) is 0 Å².